The quantitative estimate of drug-likeness (QED) is 0.785. The maximum Gasteiger partial charge on any atom is 0.400 e. The van der Waals surface area contributed by atoms with Gasteiger partial charge in [0, 0.05) is 0 Å². The number of primary amides is 1. The number of rotatable bonds is 6. The number of hydrogen-bond acceptors (Lipinski definition) is 4. The normalized spacial score (nSPS) is 10.9. The van der Waals surface area contributed by atoms with Crippen molar-refractivity contribution < 1.29 is 17.4 Å². The maximum atomic E-state index is 11.9. The molecular formula is C14H15N3O4S. The lowest BCUT2D eigenvalue weighted by Crippen LogP contribution is -2.49. The molecule has 116 valence electrons. The zero-order chi connectivity index (χ0) is 16.0. The molecule has 0 bridgehead atoms. The van der Waals surface area contributed by atoms with Gasteiger partial charge in [0.2, 0.25) is 0 Å². The highest BCUT2D eigenvalue weighted by Crippen LogP contribution is 2.11. The first-order chi connectivity index (χ1) is 10.5. The van der Waals surface area contributed by atoms with Crippen LogP contribution in [0.4, 0.5) is 4.79 Å². The molecule has 0 unspecified atom stereocenters. The summed E-state index contributed by atoms with van der Waals surface area (Å²) >= 11 is 0. The number of benzene rings is 2. The van der Waals surface area contributed by atoms with Crippen molar-refractivity contribution in [1.82, 2.24) is 9.84 Å². The fraction of sp³-hybridized carbons (Fsp3) is 0.0714. The second kappa shape index (κ2) is 6.92. The summed E-state index contributed by atoms with van der Waals surface area (Å²) in [6.07, 6.45) is 0. The molecule has 22 heavy (non-hydrogen) atoms. The average Bonchev–Trinajstić information content (AvgIpc) is 2.48. The Balaban J connectivity index is 2.08. The van der Waals surface area contributed by atoms with Crippen molar-refractivity contribution in [2.24, 2.45) is 5.73 Å². The van der Waals surface area contributed by atoms with Crippen LogP contribution in [0.3, 0.4) is 0 Å². The predicted molar refractivity (Wildman–Crippen MR) is 80.7 cm³/mol. The number of carbonyl (C=O) groups excluding carboxylic acids is 1. The van der Waals surface area contributed by atoms with Gasteiger partial charge in [-0.2, -0.15) is 8.42 Å². The Morgan fingerprint density at radius 3 is 2.14 bits per heavy atom. The van der Waals surface area contributed by atoms with Crippen LogP contribution in [0.2, 0.25) is 0 Å². The number of hydrogen-bond donors (Lipinski definition) is 2. The molecule has 7 nitrogen and oxygen atoms in total. The minimum absolute atomic E-state index is 0.0203. The van der Waals surface area contributed by atoms with Crippen molar-refractivity contribution in [3.8, 4) is 5.75 Å². The third-order valence-electron chi connectivity index (χ3n) is 2.62. The van der Waals surface area contributed by atoms with E-state index in [0.29, 0.717) is 5.56 Å². The van der Waals surface area contributed by atoms with E-state index in [9.17, 15) is 13.2 Å². The van der Waals surface area contributed by atoms with E-state index in [2.05, 4.69) is 0 Å². The van der Waals surface area contributed by atoms with Crippen molar-refractivity contribution in [2.45, 2.75) is 6.54 Å². The van der Waals surface area contributed by atoms with Gasteiger partial charge in [0.1, 0.15) is 5.75 Å². The fourth-order valence-corrected chi connectivity index (χ4v) is 2.50. The minimum Gasteiger partial charge on any atom is -0.370 e. The molecule has 0 fully saturated rings. The van der Waals surface area contributed by atoms with Gasteiger partial charge in [-0.25, -0.2) is 9.80 Å². The van der Waals surface area contributed by atoms with Gasteiger partial charge >= 0.3 is 16.3 Å². The van der Waals surface area contributed by atoms with E-state index >= 15 is 0 Å². The standard InChI is InChI=1S/C14H15N3O4S/c15-14(18)17(11-12-7-3-1-4-8-12)16-22(19,20)21-13-9-5-2-6-10-13/h1-10,16H,11H2,(H2,15,18). The first-order valence-corrected chi connectivity index (χ1v) is 7.75. The van der Waals surface area contributed by atoms with Crippen LogP contribution < -0.4 is 14.7 Å². The second-order valence-electron chi connectivity index (χ2n) is 4.35. The largest absolute Gasteiger partial charge is 0.400 e. The SMILES string of the molecule is NC(=O)N(Cc1ccccc1)NS(=O)(=O)Oc1ccccc1. The van der Waals surface area contributed by atoms with Crippen molar-refractivity contribution in [1.29, 1.82) is 0 Å². The van der Waals surface area contributed by atoms with Gasteiger partial charge < -0.3 is 9.92 Å². The highest BCUT2D eigenvalue weighted by molar-refractivity contribution is 7.85. The molecule has 2 aromatic rings. The van der Waals surface area contributed by atoms with Gasteiger partial charge in [-0.1, -0.05) is 53.4 Å². The molecule has 2 rings (SSSR count). The van der Waals surface area contributed by atoms with Crippen LogP contribution in [0.1, 0.15) is 5.56 Å². The number of hydrazine groups is 1. The number of urea groups is 1. The van der Waals surface area contributed by atoms with Crippen molar-refractivity contribution in [2.75, 3.05) is 0 Å². The Labute approximate surface area is 128 Å². The molecule has 0 aromatic heterocycles. The Morgan fingerprint density at radius 1 is 1.05 bits per heavy atom. The van der Waals surface area contributed by atoms with Crippen molar-refractivity contribution in [3.63, 3.8) is 0 Å². The summed E-state index contributed by atoms with van der Waals surface area (Å²) in [5.41, 5.74) is 5.90. The van der Waals surface area contributed by atoms with Crippen LogP contribution in [-0.4, -0.2) is 19.5 Å². The number of carbonyl (C=O) groups is 1. The third-order valence-corrected chi connectivity index (χ3v) is 3.48. The molecule has 0 radical (unpaired) electrons. The first kappa shape index (κ1) is 15.8. The second-order valence-corrected chi connectivity index (χ2v) is 5.61. The van der Waals surface area contributed by atoms with Gasteiger partial charge in [0.05, 0.1) is 6.54 Å². The monoisotopic (exact) mass is 321 g/mol. The van der Waals surface area contributed by atoms with E-state index < -0.39 is 16.3 Å². The lowest BCUT2D eigenvalue weighted by atomic mass is 10.2. The van der Waals surface area contributed by atoms with E-state index in [4.69, 9.17) is 9.92 Å². The molecule has 0 aliphatic carbocycles. The topological polar surface area (TPSA) is 102 Å². The number of para-hydroxylation sites is 1. The van der Waals surface area contributed by atoms with Gasteiger partial charge in [-0.15, -0.1) is 0 Å². The van der Waals surface area contributed by atoms with Crippen LogP contribution in [0.5, 0.6) is 5.75 Å². The van der Waals surface area contributed by atoms with E-state index in [1.165, 1.54) is 12.1 Å². The molecule has 0 saturated carbocycles. The lowest BCUT2D eigenvalue weighted by Gasteiger charge is -2.20. The summed E-state index contributed by atoms with van der Waals surface area (Å²) in [6.45, 7) is -0.0203. The van der Waals surface area contributed by atoms with Crippen LogP contribution in [0, 0.1) is 0 Å². The Morgan fingerprint density at radius 2 is 1.59 bits per heavy atom. The summed E-state index contributed by atoms with van der Waals surface area (Å²) in [5.74, 6) is 0.124. The van der Waals surface area contributed by atoms with Gasteiger partial charge in [0.25, 0.3) is 0 Å². The Bertz CT molecular complexity index is 720. The third kappa shape index (κ3) is 4.76. The smallest absolute Gasteiger partial charge is 0.370 e. The summed E-state index contributed by atoms with van der Waals surface area (Å²) < 4.78 is 28.7. The zero-order valence-corrected chi connectivity index (χ0v) is 12.4. The Kier molecular flexibility index (Phi) is 4.97. The number of nitrogens with two attached hydrogens (primary N) is 1. The highest BCUT2D eigenvalue weighted by Gasteiger charge is 2.20. The lowest BCUT2D eigenvalue weighted by molar-refractivity contribution is 0.192. The molecule has 0 spiro atoms. The summed E-state index contributed by atoms with van der Waals surface area (Å²) in [5, 5.41) is 0.758. The van der Waals surface area contributed by atoms with E-state index in [1.54, 1.807) is 48.5 Å². The zero-order valence-electron chi connectivity index (χ0n) is 11.5. The van der Waals surface area contributed by atoms with Gasteiger partial charge in [0.15, 0.2) is 0 Å². The molecular weight excluding hydrogens is 306 g/mol. The van der Waals surface area contributed by atoms with E-state index in [-0.39, 0.29) is 12.3 Å². The predicted octanol–water partition coefficient (Wildman–Crippen LogP) is 1.40. The molecule has 3 N–H and O–H groups in total. The van der Waals surface area contributed by atoms with Crippen molar-refractivity contribution in [3.05, 3.63) is 66.2 Å². The van der Waals surface area contributed by atoms with E-state index in [0.717, 1.165) is 5.01 Å². The molecule has 0 heterocycles. The fourth-order valence-electron chi connectivity index (χ4n) is 1.68. The maximum absolute atomic E-state index is 11.9. The molecule has 0 aliphatic rings. The first-order valence-electron chi connectivity index (χ1n) is 6.34. The average molecular weight is 321 g/mol. The molecule has 0 aliphatic heterocycles. The Hall–Kier alpha value is -2.58. The minimum atomic E-state index is -4.22. The van der Waals surface area contributed by atoms with Crippen LogP contribution in [0.15, 0.2) is 60.7 Å². The van der Waals surface area contributed by atoms with E-state index in [1.807, 2.05) is 4.83 Å². The van der Waals surface area contributed by atoms with Crippen molar-refractivity contribution >= 4 is 16.3 Å². The van der Waals surface area contributed by atoms with Crippen LogP contribution in [-0.2, 0) is 16.8 Å². The van der Waals surface area contributed by atoms with Gasteiger partial charge in [-0.05, 0) is 17.7 Å². The molecule has 8 heteroatoms. The number of nitrogens with zero attached hydrogens (tertiary/aromatic N) is 1. The molecule has 0 atom stereocenters. The van der Waals surface area contributed by atoms with Crippen LogP contribution in [0.25, 0.3) is 0 Å². The summed E-state index contributed by atoms with van der Waals surface area (Å²) in [6, 6.07) is 15.8. The van der Waals surface area contributed by atoms with Crippen LogP contribution >= 0.6 is 0 Å². The molecule has 2 aromatic carbocycles. The highest BCUT2D eigenvalue weighted by atomic mass is 32.2. The molecule has 2 amide bonds. The number of amides is 2. The summed E-state index contributed by atoms with van der Waals surface area (Å²) in [4.78, 5) is 13.4. The molecule has 0 saturated heterocycles. The summed E-state index contributed by atoms with van der Waals surface area (Å²) in [7, 11) is -4.22. The number of nitrogens with one attached hydrogen (secondary N) is 1. The van der Waals surface area contributed by atoms with Gasteiger partial charge in [-0.3, -0.25) is 0 Å².